The molecule has 0 aliphatic heterocycles. The smallest absolute Gasteiger partial charge is 0.333 e. The van der Waals surface area contributed by atoms with Gasteiger partial charge in [0, 0.05) is 25.0 Å². The van der Waals surface area contributed by atoms with Crippen LogP contribution in [0.5, 0.6) is 0 Å². The van der Waals surface area contributed by atoms with E-state index >= 15 is 0 Å². The third-order valence-corrected chi connectivity index (χ3v) is 4.20. The lowest BCUT2D eigenvalue weighted by Crippen LogP contribution is -2.35. The number of carboxylic acid groups (broad SMARTS) is 1. The van der Waals surface area contributed by atoms with Crippen molar-refractivity contribution in [3.63, 3.8) is 0 Å². The van der Waals surface area contributed by atoms with E-state index in [1.54, 1.807) is 0 Å². The van der Waals surface area contributed by atoms with E-state index in [0.29, 0.717) is 18.9 Å². The van der Waals surface area contributed by atoms with Crippen molar-refractivity contribution in [1.82, 2.24) is 0 Å². The Bertz CT molecular complexity index is 379. The lowest BCUT2D eigenvalue weighted by Gasteiger charge is -2.30. The lowest BCUT2D eigenvalue weighted by molar-refractivity contribution is -0.188. The molecule has 0 radical (unpaired) electrons. The van der Waals surface area contributed by atoms with Crippen molar-refractivity contribution in [2.75, 3.05) is 0 Å². The monoisotopic (exact) mass is 344 g/mol. The van der Waals surface area contributed by atoms with Gasteiger partial charge in [-0.25, -0.2) is 9.59 Å². The number of halogens is 1. The summed E-state index contributed by atoms with van der Waals surface area (Å²) < 4.78 is 19.8. The lowest BCUT2D eigenvalue weighted by atomic mass is 9.89. The SMILES string of the molecule is CCCCCCC(CCCCCC)C(C)(F)OC(=O)/C=C/C(=O)O. The predicted octanol–water partition coefficient (Wildman–Crippen LogP) is 5.41. The molecule has 0 saturated heterocycles. The highest BCUT2D eigenvalue weighted by molar-refractivity contribution is 5.90. The fourth-order valence-electron chi connectivity index (χ4n) is 2.75. The van der Waals surface area contributed by atoms with Gasteiger partial charge in [0.25, 0.3) is 5.85 Å². The molecular formula is C19H33FO4. The summed E-state index contributed by atoms with van der Waals surface area (Å²) in [5.74, 6) is -4.63. The van der Waals surface area contributed by atoms with Crippen LogP contribution >= 0.6 is 0 Å². The summed E-state index contributed by atoms with van der Waals surface area (Å²) in [6, 6.07) is 0. The molecule has 0 aromatic carbocycles. The number of unbranched alkanes of at least 4 members (excludes halogenated alkanes) is 6. The molecule has 0 aliphatic carbocycles. The third-order valence-electron chi connectivity index (χ3n) is 4.20. The summed E-state index contributed by atoms with van der Waals surface area (Å²) in [7, 11) is 0. The molecule has 1 unspecified atom stereocenters. The quantitative estimate of drug-likeness (QED) is 0.260. The van der Waals surface area contributed by atoms with Crippen molar-refractivity contribution >= 4 is 11.9 Å². The number of hydrogen-bond acceptors (Lipinski definition) is 3. The molecule has 0 rings (SSSR count). The van der Waals surface area contributed by atoms with Gasteiger partial charge in [0.15, 0.2) is 0 Å². The van der Waals surface area contributed by atoms with Crippen LogP contribution in [-0.4, -0.2) is 22.9 Å². The molecular weight excluding hydrogens is 311 g/mol. The Morgan fingerprint density at radius 3 is 1.92 bits per heavy atom. The highest BCUT2D eigenvalue weighted by Crippen LogP contribution is 2.33. The Labute approximate surface area is 145 Å². The Hall–Kier alpha value is -1.39. The van der Waals surface area contributed by atoms with Gasteiger partial charge in [-0.1, -0.05) is 65.2 Å². The van der Waals surface area contributed by atoms with Crippen LogP contribution in [0, 0.1) is 5.92 Å². The molecule has 0 heterocycles. The zero-order chi connectivity index (χ0) is 18.4. The third kappa shape index (κ3) is 11.2. The summed E-state index contributed by atoms with van der Waals surface area (Å²) in [6.07, 6.45) is 11.1. The first-order valence-corrected chi connectivity index (χ1v) is 9.16. The molecule has 0 bridgehead atoms. The van der Waals surface area contributed by atoms with Crippen molar-refractivity contribution in [2.45, 2.75) is 90.8 Å². The first-order chi connectivity index (χ1) is 11.3. The molecule has 0 aromatic heterocycles. The molecule has 5 heteroatoms. The number of esters is 1. The van der Waals surface area contributed by atoms with Crippen molar-refractivity contribution in [3.8, 4) is 0 Å². The molecule has 0 saturated carbocycles. The molecule has 140 valence electrons. The molecule has 1 atom stereocenters. The fourth-order valence-corrected chi connectivity index (χ4v) is 2.75. The van der Waals surface area contributed by atoms with E-state index in [9.17, 15) is 14.0 Å². The minimum atomic E-state index is -2.07. The van der Waals surface area contributed by atoms with Crippen LogP contribution in [0.4, 0.5) is 4.39 Å². The minimum Gasteiger partial charge on any atom is -0.478 e. The van der Waals surface area contributed by atoms with Gasteiger partial charge in [0.1, 0.15) is 0 Å². The normalized spacial score (nSPS) is 14.0. The Morgan fingerprint density at radius 2 is 1.50 bits per heavy atom. The van der Waals surface area contributed by atoms with Crippen LogP contribution in [0.2, 0.25) is 0 Å². The number of carbonyl (C=O) groups excluding carboxylic acids is 1. The predicted molar refractivity (Wildman–Crippen MR) is 93.4 cm³/mol. The molecule has 24 heavy (non-hydrogen) atoms. The summed E-state index contributed by atoms with van der Waals surface area (Å²) in [4.78, 5) is 22.0. The van der Waals surface area contributed by atoms with Gasteiger partial charge in [0.2, 0.25) is 0 Å². The second-order valence-corrected chi connectivity index (χ2v) is 6.47. The number of carbonyl (C=O) groups is 2. The minimum absolute atomic E-state index is 0.353. The molecule has 0 fully saturated rings. The highest BCUT2D eigenvalue weighted by atomic mass is 19.2. The van der Waals surface area contributed by atoms with E-state index < -0.39 is 17.8 Å². The number of ether oxygens (including phenoxy) is 1. The van der Waals surface area contributed by atoms with Crippen molar-refractivity contribution in [1.29, 1.82) is 0 Å². The van der Waals surface area contributed by atoms with Crippen molar-refractivity contribution in [2.24, 2.45) is 5.92 Å². The van der Waals surface area contributed by atoms with Gasteiger partial charge in [-0.2, -0.15) is 4.39 Å². The van der Waals surface area contributed by atoms with Crippen LogP contribution in [0.1, 0.15) is 85.0 Å². The number of rotatable bonds is 14. The van der Waals surface area contributed by atoms with Gasteiger partial charge in [-0.05, 0) is 12.8 Å². The van der Waals surface area contributed by atoms with Crippen LogP contribution in [0.15, 0.2) is 12.2 Å². The first kappa shape index (κ1) is 22.6. The Balaban J connectivity index is 4.66. The Morgan fingerprint density at radius 1 is 1.00 bits per heavy atom. The van der Waals surface area contributed by atoms with Gasteiger partial charge in [-0.3, -0.25) is 0 Å². The molecule has 0 aromatic rings. The van der Waals surface area contributed by atoms with Crippen molar-refractivity contribution < 1.29 is 23.8 Å². The Kier molecular flexibility index (Phi) is 12.2. The summed E-state index contributed by atoms with van der Waals surface area (Å²) in [6.45, 7) is 5.53. The average Bonchev–Trinajstić information content (AvgIpc) is 2.50. The maximum absolute atomic E-state index is 14.9. The molecule has 1 N–H and O–H groups in total. The van der Waals surface area contributed by atoms with E-state index in [-0.39, 0.29) is 5.92 Å². The largest absolute Gasteiger partial charge is 0.478 e. The molecule has 0 aliphatic rings. The van der Waals surface area contributed by atoms with E-state index in [0.717, 1.165) is 57.4 Å². The second kappa shape index (κ2) is 13.0. The summed E-state index contributed by atoms with van der Waals surface area (Å²) in [5, 5.41) is 8.51. The van der Waals surface area contributed by atoms with Gasteiger partial charge in [0.05, 0.1) is 0 Å². The fraction of sp³-hybridized carbons (Fsp3) is 0.789. The second-order valence-electron chi connectivity index (χ2n) is 6.47. The maximum atomic E-state index is 14.9. The van der Waals surface area contributed by atoms with Gasteiger partial charge >= 0.3 is 11.9 Å². The maximum Gasteiger partial charge on any atom is 0.333 e. The summed E-state index contributed by atoms with van der Waals surface area (Å²) >= 11 is 0. The first-order valence-electron chi connectivity index (χ1n) is 9.16. The van der Waals surface area contributed by atoms with Crippen molar-refractivity contribution in [3.05, 3.63) is 12.2 Å². The van der Waals surface area contributed by atoms with Crippen LogP contribution < -0.4 is 0 Å². The van der Waals surface area contributed by atoms with Crippen LogP contribution in [-0.2, 0) is 14.3 Å². The van der Waals surface area contributed by atoms with Crippen LogP contribution in [0.25, 0.3) is 0 Å². The van der Waals surface area contributed by atoms with Gasteiger partial charge < -0.3 is 9.84 Å². The zero-order valence-electron chi connectivity index (χ0n) is 15.4. The topological polar surface area (TPSA) is 63.6 Å². The van der Waals surface area contributed by atoms with Crippen LogP contribution in [0.3, 0.4) is 0 Å². The summed E-state index contributed by atoms with van der Waals surface area (Å²) in [5.41, 5.74) is 0. The van der Waals surface area contributed by atoms with Gasteiger partial charge in [-0.15, -0.1) is 0 Å². The standard InChI is InChI=1S/C19H33FO4/c1-4-6-8-10-12-16(13-11-9-7-5-2)19(3,20)24-18(23)15-14-17(21)22/h14-16H,4-13H2,1-3H3,(H,21,22)/b15-14+. The number of hydrogen-bond donors (Lipinski definition) is 1. The zero-order valence-corrected chi connectivity index (χ0v) is 15.4. The molecule has 4 nitrogen and oxygen atoms in total. The highest BCUT2D eigenvalue weighted by Gasteiger charge is 2.36. The van der Waals surface area contributed by atoms with E-state index in [1.165, 1.54) is 6.92 Å². The number of alkyl halides is 1. The van der Waals surface area contributed by atoms with E-state index in [4.69, 9.17) is 9.84 Å². The molecule has 0 spiro atoms. The molecule has 0 amide bonds. The number of aliphatic carboxylic acids is 1. The van der Waals surface area contributed by atoms with E-state index in [2.05, 4.69) is 13.8 Å². The average molecular weight is 344 g/mol. The number of carboxylic acids is 1. The van der Waals surface area contributed by atoms with E-state index in [1.807, 2.05) is 0 Å².